The second kappa shape index (κ2) is 4.74. The van der Waals surface area contributed by atoms with E-state index in [0.717, 1.165) is 5.56 Å². The van der Waals surface area contributed by atoms with Crippen molar-refractivity contribution in [2.75, 3.05) is 0 Å². The Kier molecular flexibility index (Phi) is 3.14. The minimum absolute atomic E-state index is 0.107. The molecule has 1 N–H and O–H groups in total. The number of benzene rings is 2. The zero-order valence-corrected chi connectivity index (χ0v) is 9.20. The van der Waals surface area contributed by atoms with Gasteiger partial charge >= 0.3 is 0 Å². The van der Waals surface area contributed by atoms with Crippen LogP contribution in [0.1, 0.15) is 11.1 Å². The molecule has 16 heavy (non-hydrogen) atoms. The van der Waals surface area contributed by atoms with E-state index in [1.807, 2.05) is 30.3 Å². The van der Waals surface area contributed by atoms with Crippen LogP contribution < -0.4 is 0 Å². The largest absolute Gasteiger partial charge is 0.507 e. The van der Waals surface area contributed by atoms with E-state index in [1.54, 1.807) is 12.1 Å². The van der Waals surface area contributed by atoms with Crippen molar-refractivity contribution < 1.29 is 5.11 Å². The number of hydrogen-bond acceptors (Lipinski definition) is 1. The lowest BCUT2D eigenvalue weighted by Crippen LogP contribution is -1.77. The SMILES string of the molecule is Oc1cc(Cl)ccc1C#Cc1ccccc1. The summed E-state index contributed by atoms with van der Waals surface area (Å²) in [5.74, 6) is 5.97. The van der Waals surface area contributed by atoms with Gasteiger partial charge in [0.15, 0.2) is 0 Å². The number of halogens is 1. The zero-order valence-electron chi connectivity index (χ0n) is 8.44. The summed E-state index contributed by atoms with van der Waals surface area (Å²) in [5, 5.41) is 10.1. The van der Waals surface area contributed by atoms with Gasteiger partial charge in [-0.05, 0) is 30.3 Å². The lowest BCUT2D eigenvalue weighted by Gasteiger charge is -1.96. The molecule has 0 aliphatic heterocycles. The molecular formula is C14H9ClO. The standard InChI is InChI=1S/C14H9ClO/c15-13-9-8-12(14(16)10-13)7-6-11-4-2-1-3-5-11/h1-5,8-10,16H. The van der Waals surface area contributed by atoms with Crippen molar-refractivity contribution in [2.45, 2.75) is 0 Å². The molecule has 0 saturated carbocycles. The van der Waals surface area contributed by atoms with Gasteiger partial charge in [-0.1, -0.05) is 41.6 Å². The second-order valence-corrected chi connectivity index (χ2v) is 3.71. The van der Waals surface area contributed by atoms with Gasteiger partial charge in [-0.3, -0.25) is 0 Å². The molecule has 2 aromatic carbocycles. The average molecular weight is 229 g/mol. The summed E-state index contributed by atoms with van der Waals surface area (Å²) in [4.78, 5) is 0. The van der Waals surface area contributed by atoms with Crippen LogP contribution in [0.5, 0.6) is 5.75 Å². The number of rotatable bonds is 0. The Labute approximate surface area is 99.3 Å². The van der Waals surface area contributed by atoms with E-state index in [1.165, 1.54) is 6.07 Å². The number of aromatic hydroxyl groups is 1. The van der Waals surface area contributed by atoms with E-state index in [2.05, 4.69) is 11.8 Å². The monoisotopic (exact) mass is 228 g/mol. The zero-order chi connectivity index (χ0) is 11.4. The Bertz CT molecular complexity index is 550. The summed E-state index contributed by atoms with van der Waals surface area (Å²) in [5.41, 5.74) is 1.49. The summed E-state index contributed by atoms with van der Waals surface area (Å²) >= 11 is 5.73. The number of phenols is 1. The lowest BCUT2D eigenvalue weighted by atomic mass is 10.1. The van der Waals surface area contributed by atoms with E-state index in [9.17, 15) is 5.11 Å². The summed E-state index contributed by atoms with van der Waals surface area (Å²) < 4.78 is 0. The van der Waals surface area contributed by atoms with Crippen LogP contribution in [0.15, 0.2) is 48.5 Å². The lowest BCUT2D eigenvalue weighted by molar-refractivity contribution is 0.474. The summed E-state index contributed by atoms with van der Waals surface area (Å²) in [6.07, 6.45) is 0. The minimum Gasteiger partial charge on any atom is -0.507 e. The quantitative estimate of drug-likeness (QED) is 0.685. The highest BCUT2D eigenvalue weighted by Crippen LogP contribution is 2.20. The van der Waals surface area contributed by atoms with Crippen LogP contribution in [0.25, 0.3) is 0 Å². The van der Waals surface area contributed by atoms with Crippen molar-refractivity contribution in [1.82, 2.24) is 0 Å². The molecule has 0 saturated heterocycles. The maximum Gasteiger partial charge on any atom is 0.132 e. The molecule has 78 valence electrons. The highest BCUT2D eigenvalue weighted by Gasteiger charge is 1.97. The third-order valence-electron chi connectivity index (χ3n) is 2.08. The molecule has 2 rings (SSSR count). The fourth-order valence-corrected chi connectivity index (χ4v) is 1.44. The molecule has 2 aromatic rings. The molecule has 0 spiro atoms. The van der Waals surface area contributed by atoms with Crippen molar-refractivity contribution in [2.24, 2.45) is 0 Å². The Morgan fingerprint density at radius 1 is 0.938 bits per heavy atom. The third-order valence-corrected chi connectivity index (χ3v) is 2.31. The van der Waals surface area contributed by atoms with Gasteiger partial charge in [-0.25, -0.2) is 0 Å². The summed E-state index contributed by atoms with van der Waals surface area (Å²) in [6.45, 7) is 0. The van der Waals surface area contributed by atoms with E-state index < -0.39 is 0 Å². The molecule has 2 heteroatoms. The van der Waals surface area contributed by atoms with Crippen LogP contribution in [-0.4, -0.2) is 5.11 Å². The number of phenolic OH excluding ortho intramolecular Hbond substituents is 1. The number of hydrogen-bond donors (Lipinski definition) is 1. The van der Waals surface area contributed by atoms with E-state index in [0.29, 0.717) is 10.6 Å². The van der Waals surface area contributed by atoms with Gasteiger partial charge in [0.2, 0.25) is 0 Å². The van der Waals surface area contributed by atoms with Crippen molar-refractivity contribution in [3.63, 3.8) is 0 Å². The summed E-state index contributed by atoms with van der Waals surface area (Å²) in [6, 6.07) is 14.5. The first-order valence-electron chi connectivity index (χ1n) is 4.81. The first-order chi connectivity index (χ1) is 7.75. The molecule has 0 unspecified atom stereocenters. The highest BCUT2D eigenvalue weighted by molar-refractivity contribution is 6.30. The van der Waals surface area contributed by atoms with Crippen LogP contribution in [0.4, 0.5) is 0 Å². The van der Waals surface area contributed by atoms with Crippen LogP contribution in [0.2, 0.25) is 5.02 Å². The average Bonchev–Trinajstić information content (AvgIpc) is 2.29. The van der Waals surface area contributed by atoms with Gasteiger partial charge in [-0.15, -0.1) is 0 Å². The third kappa shape index (κ3) is 2.56. The molecule has 0 fully saturated rings. The van der Waals surface area contributed by atoms with Crippen LogP contribution in [0, 0.1) is 11.8 Å². The second-order valence-electron chi connectivity index (χ2n) is 3.28. The topological polar surface area (TPSA) is 20.2 Å². The molecule has 0 heterocycles. The predicted octanol–water partition coefficient (Wildman–Crippen LogP) is 3.45. The minimum atomic E-state index is 0.107. The van der Waals surface area contributed by atoms with Crippen molar-refractivity contribution in [1.29, 1.82) is 0 Å². The van der Waals surface area contributed by atoms with Crippen molar-refractivity contribution >= 4 is 11.6 Å². The molecule has 1 nitrogen and oxygen atoms in total. The predicted molar refractivity (Wildman–Crippen MR) is 65.5 cm³/mol. The van der Waals surface area contributed by atoms with Gasteiger partial charge in [0, 0.05) is 10.6 Å². The van der Waals surface area contributed by atoms with Gasteiger partial charge in [0.25, 0.3) is 0 Å². The van der Waals surface area contributed by atoms with Gasteiger partial charge in [-0.2, -0.15) is 0 Å². The Balaban J connectivity index is 2.31. The van der Waals surface area contributed by atoms with Crippen LogP contribution in [-0.2, 0) is 0 Å². The van der Waals surface area contributed by atoms with Crippen molar-refractivity contribution in [3.8, 4) is 17.6 Å². The van der Waals surface area contributed by atoms with Gasteiger partial charge < -0.3 is 5.11 Å². The van der Waals surface area contributed by atoms with Crippen LogP contribution in [0.3, 0.4) is 0 Å². The Hall–Kier alpha value is -1.91. The Morgan fingerprint density at radius 2 is 1.69 bits per heavy atom. The van der Waals surface area contributed by atoms with Crippen LogP contribution >= 0.6 is 11.6 Å². The normalized spacial score (nSPS) is 9.31. The fraction of sp³-hybridized carbons (Fsp3) is 0. The molecule has 0 aliphatic carbocycles. The molecule has 0 amide bonds. The summed E-state index contributed by atoms with van der Waals surface area (Å²) in [7, 11) is 0. The molecular weight excluding hydrogens is 220 g/mol. The maximum absolute atomic E-state index is 9.58. The molecule has 0 aromatic heterocycles. The fourth-order valence-electron chi connectivity index (χ4n) is 1.27. The van der Waals surface area contributed by atoms with E-state index in [-0.39, 0.29) is 5.75 Å². The highest BCUT2D eigenvalue weighted by atomic mass is 35.5. The van der Waals surface area contributed by atoms with Gasteiger partial charge in [0.1, 0.15) is 5.75 Å². The maximum atomic E-state index is 9.58. The van der Waals surface area contributed by atoms with Crippen molar-refractivity contribution in [3.05, 3.63) is 64.7 Å². The smallest absolute Gasteiger partial charge is 0.132 e. The van der Waals surface area contributed by atoms with E-state index >= 15 is 0 Å². The van der Waals surface area contributed by atoms with E-state index in [4.69, 9.17) is 11.6 Å². The molecule has 0 radical (unpaired) electrons. The molecule has 0 bridgehead atoms. The first kappa shape index (κ1) is 10.6. The van der Waals surface area contributed by atoms with Gasteiger partial charge in [0.05, 0.1) is 5.56 Å². The Morgan fingerprint density at radius 3 is 2.38 bits per heavy atom. The molecule has 0 atom stereocenters. The first-order valence-corrected chi connectivity index (χ1v) is 5.19. The molecule has 0 aliphatic rings.